The molecule has 88 valence electrons. The fraction of sp³-hybridized carbons (Fsp3) is 0.778. The van der Waals surface area contributed by atoms with Crippen LogP contribution in [0.2, 0.25) is 0 Å². The predicted molar refractivity (Wildman–Crippen MR) is 58.8 cm³/mol. The first kappa shape index (κ1) is 13.7. The summed E-state index contributed by atoms with van der Waals surface area (Å²) in [5.74, 6) is 0.100. The largest absolute Gasteiger partial charge is 0.409 e. The average molecular weight is 216 g/mol. The van der Waals surface area contributed by atoms with E-state index in [1.807, 2.05) is 13.8 Å². The minimum atomic E-state index is -0.279. The molecule has 0 heterocycles. The van der Waals surface area contributed by atoms with Crippen LogP contribution >= 0.6 is 0 Å². The number of carbonyl (C=O) groups is 1. The highest BCUT2D eigenvalue weighted by molar-refractivity contribution is 5.82. The second kappa shape index (κ2) is 7.05. The third-order valence-corrected chi connectivity index (χ3v) is 1.78. The number of nitrogens with two attached hydrogens (primary N) is 1. The number of amides is 1. The van der Waals surface area contributed by atoms with E-state index < -0.39 is 0 Å². The molecule has 0 rings (SSSR count). The van der Waals surface area contributed by atoms with Crippen molar-refractivity contribution in [2.24, 2.45) is 10.9 Å². The molecule has 0 aliphatic carbocycles. The number of rotatable bonds is 6. The normalized spacial score (nSPS) is 14.0. The second-order valence-electron chi connectivity index (χ2n) is 3.68. The zero-order valence-electron chi connectivity index (χ0n) is 9.45. The summed E-state index contributed by atoms with van der Waals surface area (Å²) in [6.45, 7) is 6.08. The van der Waals surface area contributed by atoms with E-state index >= 15 is 0 Å². The maximum Gasteiger partial charge on any atom is 0.237 e. The highest BCUT2D eigenvalue weighted by Gasteiger charge is 2.12. The third-order valence-electron chi connectivity index (χ3n) is 1.78. The molecule has 1 atom stereocenters. The summed E-state index contributed by atoms with van der Waals surface area (Å²) in [5.41, 5.74) is 5.28. The Balaban J connectivity index is 3.74. The Hall–Kier alpha value is -1.30. The van der Waals surface area contributed by atoms with Crippen LogP contribution in [-0.4, -0.2) is 35.6 Å². The molecule has 1 unspecified atom stereocenters. The van der Waals surface area contributed by atoms with Crippen LogP contribution in [0.1, 0.15) is 27.2 Å². The molecule has 0 radical (unpaired) electrons. The van der Waals surface area contributed by atoms with Crippen molar-refractivity contribution in [3.63, 3.8) is 0 Å². The van der Waals surface area contributed by atoms with Crippen molar-refractivity contribution in [1.82, 2.24) is 10.6 Å². The highest BCUT2D eigenvalue weighted by Crippen LogP contribution is 1.86. The monoisotopic (exact) mass is 216 g/mol. The predicted octanol–water partition coefficient (Wildman–Crippen LogP) is -0.374. The number of hydrogen-bond donors (Lipinski definition) is 4. The lowest BCUT2D eigenvalue weighted by Gasteiger charge is -2.15. The highest BCUT2D eigenvalue weighted by atomic mass is 16.4. The van der Waals surface area contributed by atoms with Crippen molar-refractivity contribution in [3.8, 4) is 0 Å². The number of oxime groups is 1. The first-order valence-electron chi connectivity index (χ1n) is 4.97. The molecule has 1 amide bonds. The molecule has 0 saturated heterocycles. The van der Waals surface area contributed by atoms with Crippen LogP contribution in [0.15, 0.2) is 5.16 Å². The summed E-state index contributed by atoms with van der Waals surface area (Å²) < 4.78 is 0. The molecular weight excluding hydrogens is 196 g/mol. The van der Waals surface area contributed by atoms with Gasteiger partial charge >= 0.3 is 0 Å². The standard InChI is InChI=1S/C9H20N4O2/c1-6(2)12-9(14)7(3)11-5-4-8(10)13-15/h6-7,11,15H,4-5H2,1-3H3,(H2,10,13)(H,12,14). The van der Waals surface area contributed by atoms with Crippen LogP contribution in [0, 0.1) is 0 Å². The zero-order valence-corrected chi connectivity index (χ0v) is 9.45. The molecule has 0 aromatic heterocycles. The Kier molecular flexibility index (Phi) is 6.44. The molecule has 0 aromatic carbocycles. The lowest BCUT2D eigenvalue weighted by molar-refractivity contribution is -0.123. The Morgan fingerprint density at radius 3 is 2.53 bits per heavy atom. The number of hydrogen-bond acceptors (Lipinski definition) is 4. The molecule has 0 spiro atoms. The van der Waals surface area contributed by atoms with Crippen molar-refractivity contribution >= 4 is 11.7 Å². The fourth-order valence-corrected chi connectivity index (χ4v) is 0.969. The quantitative estimate of drug-likeness (QED) is 0.210. The van der Waals surface area contributed by atoms with Gasteiger partial charge in [0.1, 0.15) is 5.84 Å². The average Bonchev–Trinajstić information content (AvgIpc) is 2.16. The smallest absolute Gasteiger partial charge is 0.237 e. The number of nitrogens with zero attached hydrogens (tertiary/aromatic N) is 1. The maximum atomic E-state index is 11.4. The van der Waals surface area contributed by atoms with Gasteiger partial charge < -0.3 is 21.6 Å². The van der Waals surface area contributed by atoms with Crippen LogP contribution < -0.4 is 16.4 Å². The van der Waals surface area contributed by atoms with Crippen LogP contribution in [0.25, 0.3) is 0 Å². The Morgan fingerprint density at radius 1 is 1.47 bits per heavy atom. The van der Waals surface area contributed by atoms with Gasteiger partial charge in [-0.05, 0) is 20.8 Å². The summed E-state index contributed by atoms with van der Waals surface area (Å²) in [6, 6.07) is -0.148. The summed E-state index contributed by atoms with van der Waals surface area (Å²) in [7, 11) is 0. The van der Waals surface area contributed by atoms with Crippen LogP contribution in [0.3, 0.4) is 0 Å². The van der Waals surface area contributed by atoms with Gasteiger partial charge in [0.25, 0.3) is 0 Å². The summed E-state index contributed by atoms with van der Waals surface area (Å²) in [6.07, 6.45) is 0.412. The first-order valence-corrected chi connectivity index (χ1v) is 4.97. The van der Waals surface area contributed by atoms with E-state index in [2.05, 4.69) is 15.8 Å². The maximum absolute atomic E-state index is 11.4. The van der Waals surface area contributed by atoms with Gasteiger partial charge in [0, 0.05) is 19.0 Å². The van der Waals surface area contributed by atoms with Crippen molar-refractivity contribution in [2.75, 3.05) is 6.54 Å². The van der Waals surface area contributed by atoms with Gasteiger partial charge in [-0.15, -0.1) is 0 Å². The Labute approximate surface area is 89.9 Å². The lowest BCUT2D eigenvalue weighted by Crippen LogP contribution is -2.45. The Morgan fingerprint density at radius 2 is 2.07 bits per heavy atom. The first-order chi connectivity index (χ1) is 6.97. The molecule has 0 bridgehead atoms. The van der Waals surface area contributed by atoms with Crippen molar-refractivity contribution < 1.29 is 10.0 Å². The van der Waals surface area contributed by atoms with E-state index in [-0.39, 0.29) is 23.8 Å². The van der Waals surface area contributed by atoms with Gasteiger partial charge in [0.05, 0.1) is 6.04 Å². The van der Waals surface area contributed by atoms with Gasteiger partial charge in [-0.25, -0.2) is 0 Å². The molecular formula is C9H20N4O2. The van der Waals surface area contributed by atoms with Crippen LogP contribution in [-0.2, 0) is 4.79 Å². The zero-order chi connectivity index (χ0) is 11.8. The number of carbonyl (C=O) groups excluding carboxylic acids is 1. The number of nitrogens with one attached hydrogen (secondary N) is 2. The third kappa shape index (κ3) is 6.73. The van der Waals surface area contributed by atoms with Gasteiger partial charge in [0.15, 0.2) is 0 Å². The van der Waals surface area contributed by atoms with Crippen LogP contribution in [0.4, 0.5) is 0 Å². The van der Waals surface area contributed by atoms with E-state index in [0.29, 0.717) is 13.0 Å². The minimum absolute atomic E-state index is 0.0514. The van der Waals surface area contributed by atoms with E-state index in [1.54, 1.807) is 6.92 Å². The minimum Gasteiger partial charge on any atom is -0.409 e. The summed E-state index contributed by atoms with van der Waals surface area (Å²) in [4.78, 5) is 11.4. The summed E-state index contributed by atoms with van der Waals surface area (Å²) in [5, 5.41) is 16.9. The van der Waals surface area contributed by atoms with E-state index in [9.17, 15) is 4.79 Å². The topological polar surface area (TPSA) is 99.7 Å². The van der Waals surface area contributed by atoms with E-state index in [0.717, 1.165) is 0 Å². The fourth-order valence-electron chi connectivity index (χ4n) is 0.969. The molecule has 0 saturated carbocycles. The van der Waals surface area contributed by atoms with Gasteiger partial charge in [-0.2, -0.15) is 0 Å². The van der Waals surface area contributed by atoms with Crippen LogP contribution in [0.5, 0.6) is 0 Å². The summed E-state index contributed by atoms with van der Waals surface area (Å²) >= 11 is 0. The van der Waals surface area contributed by atoms with Gasteiger partial charge in [0.2, 0.25) is 5.91 Å². The van der Waals surface area contributed by atoms with Gasteiger partial charge in [-0.3, -0.25) is 4.79 Å². The molecule has 0 aliphatic heterocycles. The molecule has 6 heteroatoms. The van der Waals surface area contributed by atoms with Gasteiger partial charge in [-0.1, -0.05) is 5.16 Å². The van der Waals surface area contributed by atoms with E-state index in [1.165, 1.54) is 0 Å². The number of amidine groups is 1. The molecule has 0 fully saturated rings. The van der Waals surface area contributed by atoms with Crippen molar-refractivity contribution in [3.05, 3.63) is 0 Å². The lowest BCUT2D eigenvalue weighted by atomic mass is 10.2. The molecule has 15 heavy (non-hydrogen) atoms. The van der Waals surface area contributed by atoms with Crippen molar-refractivity contribution in [2.45, 2.75) is 39.3 Å². The second-order valence-corrected chi connectivity index (χ2v) is 3.68. The molecule has 0 aromatic rings. The Bertz CT molecular complexity index is 228. The SMILES string of the molecule is CC(C)NC(=O)C(C)NCCC(N)=NO. The molecule has 6 nitrogen and oxygen atoms in total. The molecule has 5 N–H and O–H groups in total. The van der Waals surface area contributed by atoms with Crippen molar-refractivity contribution in [1.29, 1.82) is 0 Å². The van der Waals surface area contributed by atoms with E-state index in [4.69, 9.17) is 10.9 Å². The molecule has 0 aliphatic rings.